The van der Waals surface area contributed by atoms with Gasteiger partial charge in [0.15, 0.2) is 0 Å². The first-order valence-electron chi connectivity index (χ1n) is 5.85. The van der Waals surface area contributed by atoms with E-state index >= 15 is 0 Å². The number of rotatable bonds is 7. The fourth-order valence-electron chi connectivity index (χ4n) is 1.50. The summed E-state index contributed by atoms with van der Waals surface area (Å²) in [7, 11) is 0. The molecule has 0 unspecified atom stereocenters. The maximum absolute atomic E-state index is 8.59. The highest BCUT2D eigenvalue weighted by molar-refractivity contribution is 5.28. The van der Waals surface area contributed by atoms with E-state index in [-0.39, 0.29) is 13.1 Å². The molecule has 0 spiro atoms. The Morgan fingerprint density at radius 1 is 0.947 bits per heavy atom. The number of benzene rings is 1. The van der Waals surface area contributed by atoms with Crippen LogP contribution in [0.1, 0.15) is 5.56 Å². The number of ether oxygens (including phenoxy) is 1. The van der Waals surface area contributed by atoms with Crippen LogP contribution in [0.4, 0.5) is 0 Å². The maximum Gasteiger partial charge on any atom is 0.119 e. The molecule has 0 heterocycles. The first-order valence-corrected chi connectivity index (χ1v) is 5.85. The van der Waals surface area contributed by atoms with Gasteiger partial charge in [0.2, 0.25) is 0 Å². The minimum absolute atomic E-state index is 0.220. The Hall–Kier alpha value is -2.55. The van der Waals surface area contributed by atoms with Crippen LogP contribution in [0.5, 0.6) is 5.75 Å². The van der Waals surface area contributed by atoms with Crippen LogP contribution in [0.2, 0.25) is 0 Å². The van der Waals surface area contributed by atoms with Crippen molar-refractivity contribution in [2.24, 2.45) is 0 Å². The van der Waals surface area contributed by atoms with Crippen molar-refractivity contribution < 1.29 is 4.74 Å². The third-order valence-corrected chi connectivity index (χ3v) is 2.47. The molecule has 1 rings (SSSR count). The molecule has 0 bridgehead atoms. The summed E-state index contributed by atoms with van der Waals surface area (Å²) in [5.74, 6) is 0.718. The van der Waals surface area contributed by atoms with Gasteiger partial charge in [-0.2, -0.15) is 15.8 Å². The minimum Gasteiger partial charge on any atom is -0.492 e. The summed E-state index contributed by atoms with van der Waals surface area (Å²) in [5, 5.41) is 25.7. The van der Waals surface area contributed by atoms with Gasteiger partial charge in [0, 0.05) is 6.54 Å². The van der Waals surface area contributed by atoms with E-state index in [9.17, 15) is 0 Å². The van der Waals surface area contributed by atoms with Crippen molar-refractivity contribution >= 4 is 0 Å². The molecule has 0 aliphatic carbocycles. The summed E-state index contributed by atoms with van der Waals surface area (Å²) in [5.41, 5.74) is 0.949. The fourth-order valence-corrected chi connectivity index (χ4v) is 1.50. The molecule has 0 saturated heterocycles. The van der Waals surface area contributed by atoms with Crippen molar-refractivity contribution in [2.75, 3.05) is 26.2 Å². The largest absolute Gasteiger partial charge is 0.492 e. The third-order valence-electron chi connectivity index (χ3n) is 2.47. The number of hydrogen-bond donors (Lipinski definition) is 0. The van der Waals surface area contributed by atoms with E-state index in [1.807, 2.05) is 36.4 Å². The van der Waals surface area contributed by atoms with Gasteiger partial charge in [-0.05, 0) is 17.7 Å². The van der Waals surface area contributed by atoms with Crippen LogP contribution in [0.15, 0.2) is 24.3 Å². The fraction of sp³-hybridized carbons (Fsp3) is 0.357. The second-order valence-corrected chi connectivity index (χ2v) is 3.85. The van der Waals surface area contributed by atoms with Gasteiger partial charge in [-0.3, -0.25) is 4.90 Å². The molecule has 0 aliphatic rings. The van der Waals surface area contributed by atoms with Crippen LogP contribution in [-0.2, 0) is 6.42 Å². The highest BCUT2D eigenvalue weighted by Crippen LogP contribution is 2.12. The van der Waals surface area contributed by atoms with Crippen LogP contribution in [0.25, 0.3) is 0 Å². The molecule has 19 heavy (non-hydrogen) atoms. The van der Waals surface area contributed by atoms with E-state index in [2.05, 4.69) is 6.07 Å². The lowest BCUT2D eigenvalue weighted by atomic mass is 10.2. The van der Waals surface area contributed by atoms with Gasteiger partial charge in [-0.25, -0.2) is 0 Å². The summed E-state index contributed by atoms with van der Waals surface area (Å²) in [4.78, 5) is 1.71. The standard InChI is InChI=1S/C14H14N4O/c15-6-5-13-1-3-14(4-2-13)19-12-11-18(9-7-16)10-8-17/h1-4H,5,9-12H2. The molecule has 1 aromatic rings. The molecule has 1 aromatic carbocycles. The predicted octanol–water partition coefficient (Wildman–Crippen LogP) is 1.48. The highest BCUT2D eigenvalue weighted by Gasteiger charge is 2.03. The van der Waals surface area contributed by atoms with Crippen molar-refractivity contribution in [3.8, 4) is 24.0 Å². The van der Waals surface area contributed by atoms with Crippen LogP contribution in [0.3, 0.4) is 0 Å². The van der Waals surface area contributed by atoms with Gasteiger partial charge >= 0.3 is 0 Å². The number of nitriles is 3. The molecular formula is C14H14N4O. The zero-order chi connectivity index (χ0) is 13.9. The highest BCUT2D eigenvalue weighted by atomic mass is 16.5. The van der Waals surface area contributed by atoms with E-state index in [0.29, 0.717) is 19.6 Å². The predicted molar refractivity (Wildman–Crippen MR) is 68.9 cm³/mol. The number of nitrogens with zero attached hydrogens (tertiary/aromatic N) is 4. The van der Waals surface area contributed by atoms with Crippen molar-refractivity contribution in [1.82, 2.24) is 4.90 Å². The smallest absolute Gasteiger partial charge is 0.119 e. The molecule has 0 aromatic heterocycles. The van der Waals surface area contributed by atoms with E-state index in [4.69, 9.17) is 20.5 Å². The zero-order valence-electron chi connectivity index (χ0n) is 10.5. The average molecular weight is 254 g/mol. The summed E-state index contributed by atoms with van der Waals surface area (Å²) in [6, 6.07) is 13.4. The van der Waals surface area contributed by atoms with Gasteiger partial charge < -0.3 is 4.74 Å². The average Bonchev–Trinajstić information content (AvgIpc) is 2.41. The Morgan fingerprint density at radius 3 is 2.11 bits per heavy atom. The molecule has 0 amide bonds. The quantitative estimate of drug-likeness (QED) is 0.688. The van der Waals surface area contributed by atoms with Crippen LogP contribution < -0.4 is 4.74 Å². The lowest BCUT2D eigenvalue weighted by Gasteiger charge is -2.15. The Labute approximate surface area is 112 Å². The second kappa shape index (κ2) is 8.53. The molecule has 0 fully saturated rings. The van der Waals surface area contributed by atoms with Gasteiger partial charge in [-0.15, -0.1) is 0 Å². The van der Waals surface area contributed by atoms with E-state index < -0.39 is 0 Å². The maximum atomic E-state index is 8.59. The van der Waals surface area contributed by atoms with Crippen molar-refractivity contribution in [2.45, 2.75) is 6.42 Å². The van der Waals surface area contributed by atoms with E-state index in [0.717, 1.165) is 11.3 Å². The second-order valence-electron chi connectivity index (χ2n) is 3.85. The van der Waals surface area contributed by atoms with Gasteiger partial charge in [-0.1, -0.05) is 12.1 Å². The third kappa shape index (κ3) is 5.55. The molecule has 5 heteroatoms. The molecule has 96 valence electrons. The lowest BCUT2D eigenvalue weighted by molar-refractivity contribution is 0.239. The number of hydrogen-bond acceptors (Lipinski definition) is 5. The van der Waals surface area contributed by atoms with Gasteiger partial charge in [0.05, 0.1) is 37.7 Å². The monoisotopic (exact) mass is 254 g/mol. The van der Waals surface area contributed by atoms with E-state index in [1.54, 1.807) is 4.90 Å². The first kappa shape index (κ1) is 14.5. The zero-order valence-corrected chi connectivity index (χ0v) is 10.5. The Bertz CT molecular complexity index is 488. The molecule has 0 N–H and O–H groups in total. The SMILES string of the molecule is N#CCc1ccc(OCCN(CC#N)CC#N)cc1. The Kier molecular flexibility index (Phi) is 6.51. The summed E-state index contributed by atoms with van der Waals surface area (Å²) < 4.78 is 5.52. The molecule has 0 saturated carbocycles. The Morgan fingerprint density at radius 2 is 1.58 bits per heavy atom. The molecule has 0 atom stereocenters. The molecule has 5 nitrogen and oxygen atoms in total. The minimum atomic E-state index is 0.220. The van der Waals surface area contributed by atoms with Crippen molar-refractivity contribution in [3.05, 3.63) is 29.8 Å². The van der Waals surface area contributed by atoms with Gasteiger partial charge in [0.1, 0.15) is 12.4 Å². The van der Waals surface area contributed by atoms with Crippen molar-refractivity contribution in [1.29, 1.82) is 15.8 Å². The van der Waals surface area contributed by atoms with Crippen LogP contribution in [-0.4, -0.2) is 31.1 Å². The summed E-state index contributed by atoms with van der Waals surface area (Å²) in [6.45, 7) is 1.39. The lowest BCUT2D eigenvalue weighted by Crippen LogP contribution is -2.29. The molecule has 0 radical (unpaired) electrons. The van der Waals surface area contributed by atoms with E-state index in [1.165, 1.54) is 0 Å². The topological polar surface area (TPSA) is 83.8 Å². The summed E-state index contributed by atoms with van der Waals surface area (Å²) in [6.07, 6.45) is 0.387. The Balaban J connectivity index is 2.38. The summed E-state index contributed by atoms with van der Waals surface area (Å²) >= 11 is 0. The molecular weight excluding hydrogens is 240 g/mol. The van der Waals surface area contributed by atoms with Crippen molar-refractivity contribution in [3.63, 3.8) is 0 Å². The first-order chi connectivity index (χ1) is 9.30. The van der Waals surface area contributed by atoms with Crippen LogP contribution >= 0.6 is 0 Å². The van der Waals surface area contributed by atoms with Crippen LogP contribution in [0, 0.1) is 34.0 Å². The molecule has 0 aliphatic heterocycles. The van der Waals surface area contributed by atoms with Gasteiger partial charge in [0.25, 0.3) is 0 Å². The normalized spacial score (nSPS) is 9.37.